The molecule has 186 valence electrons. The predicted octanol–water partition coefficient (Wildman–Crippen LogP) is 4.50. The fourth-order valence-electron chi connectivity index (χ4n) is 4.81. The monoisotopic (exact) mass is 487 g/mol. The summed E-state index contributed by atoms with van der Waals surface area (Å²) in [4.78, 5) is 13.9. The number of nitrogens with zero attached hydrogens (tertiary/aromatic N) is 5. The van der Waals surface area contributed by atoms with Crippen molar-refractivity contribution in [3.05, 3.63) is 65.4 Å². The zero-order valence-corrected chi connectivity index (χ0v) is 20.5. The Morgan fingerprint density at radius 2 is 1.97 bits per heavy atom. The van der Waals surface area contributed by atoms with Crippen LogP contribution in [0.15, 0.2) is 48.5 Å². The maximum absolute atomic E-state index is 12.0. The molecule has 0 bridgehead atoms. The first-order valence-corrected chi connectivity index (χ1v) is 12.1. The van der Waals surface area contributed by atoms with E-state index in [0.717, 1.165) is 46.7 Å². The van der Waals surface area contributed by atoms with Crippen LogP contribution in [-0.4, -0.2) is 49.2 Å². The van der Waals surface area contributed by atoms with E-state index in [1.165, 1.54) is 0 Å². The molecule has 0 spiro atoms. The minimum atomic E-state index is -0.963. The highest BCUT2D eigenvalue weighted by atomic mass is 16.5. The lowest BCUT2D eigenvalue weighted by Crippen LogP contribution is -2.38. The highest BCUT2D eigenvalue weighted by molar-refractivity contribution is 5.99. The number of benzene rings is 2. The van der Waals surface area contributed by atoms with Gasteiger partial charge in [0, 0.05) is 24.3 Å². The van der Waals surface area contributed by atoms with E-state index in [1.54, 1.807) is 12.1 Å². The number of carboxylic acids is 1. The molecule has 10 nitrogen and oxygen atoms in total. The zero-order chi connectivity index (χ0) is 25.2. The molecule has 2 aromatic carbocycles. The normalized spacial score (nSPS) is 14.6. The average molecular weight is 488 g/mol. The summed E-state index contributed by atoms with van der Waals surface area (Å²) in [6, 6.07) is 15.6. The Hall–Kier alpha value is -4.18. The van der Waals surface area contributed by atoms with E-state index in [-0.39, 0.29) is 5.56 Å². The minimum Gasteiger partial charge on any atom is -0.478 e. The topological polar surface area (TPSA) is 121 Å². The number of ether oxygens (including phenoxy) is 1. The van der Waals surface area contributed by atoms with Crippen molar-refractivity contribution < 1.29 is 14.6 Å². The predicted molar refractivity (Wildman–Crippen MR) is 137 cm³/mol. The van der Waals surface area contributed by atoms with Gasteiger partial charge in [-0.15, -0.1) is 5.10 Å². The SMILES string of the molecule is CCCOC1Nc2cccc(C(=O)O)c2N1Cc1ccc(-c2c(-c3nnn[nH]3)cc(C)n2CC)cc1. The highest BCUT2D eigenvalue weighted by Crippen LogP contribution is 2.40. The van der Waals surface area contributed by atoms with Gasteiger partial charge < -0.3 is 24.6 Å². The number of hydrogen-bond donors (Lipinski definition) is 3. The summed E-state index contributed by atoms with van der Waals surface area (Å²) in [5, 5.41) is 27.6. The number of aryl methyl sites for hydroxylation is 1. The smallest absolute Gasteiger partial charge is 0.337 e. The van der Waals surface area contributed by atoms with Crippen LogP contribution in [0.4, 0.5) is 11.4 Å². The second-order valence-electron chi connectivity index (χ2n) is 8.74. The maximum Gasteiger partial charge on any atom is 0.337 e. The highest BCUT2D eigenvalue weighted by Gasteiger charge is 2.33. The zero-order valence-electron chi connectivity index (χ0n) is 20.5. The van der Waals surface area contributed by atoms with Crippen LogP contribution >= 0.6 is 0 Å². The Labute approximate surface area is 208 Å². The molecule has 0 amide bonds. The van der Waals surface area contributed by atoms with Gasteiger partial charge in [0.15, 0.2) is 5.82 Å². The Balaban J connectivity index is 1.48. The van der Waals surface area contributed by atoms with Crippen molar-refractivity contribution in [1.82, 2.24) is 25.2 Å². The lowest BCUT2D eigenvalue weighted by Gasteiger charge is -2.27. The van der Waals surface area contributed by atoms with Gasteiger partial charge in [-0.25, -0.2) is 9.89 Å². The van der Waals surface area contributed by atoms with E-state index in [0.29, 0.717) is 24.7 Å². The Morgan fingerprint density at radius 3 is 2.64 bits per heavy atom. The first kappa shape index (κ1) is 23.6. The second kappa shape index (κ2) is 9.82. The molecule has 0 saturated carbocycles. The van der Waals surface area contributed by atoms with Crippen LogP contribution in [0.5, 0.6) is 0 Å². The maximum atomic E-state index is 12.0. The first-order valence-electron chi connectivity index (χ1n) is 12.1. The van der Waals surface area contributed by atoms with Crippen molar-refractivity contribution in [2.24, 2.45) is 0 Å². The number of carboxylic acid groups (broad SMARTS) is 1. The number of aromatic carboxylic acids is 1. The van der Waals surface area contributed by atoms with Crippen molar-refractivity contribution >= 4 is 17.3 Å². The summed E-state index contributed by atoms with van der Waals surface area (Å²) < 4.78 is 8.27. The Kier molecular flexibility index (Phi) is 6.43. The molecule has 2 aromatic heterocycles. The van der Waals surface area contributed by atoms with Crippen LogP contribution < -0.4 is 10.2 Å². The number of nitrogens with one attached hydrogen (secondary N) is 2. The van der Waals surface area contributed by atoms with Crippen molar-refractivity contribution in [2.45, 2.75) is 46.6 Å². The molecule has 0 saturated heterocycles. The average Bonchev–Trinajstić information content (AvgIpc) is 3.61. The summed E-state index contributed by atoms with van der Waals surface area (Å²) in [5.74, 6) is -0.337. The quantitative estimate of drug-likeness (QED) is 0.315. The molecule has 10 heteroatoms. The molecule has 1 unspecified atom stereocenters. The van der Waals surface area contributed by atoms with Gasteiger partial charge in [-0.05, 0) is 60.0 Å². The van der Waals surface area contributed by atoms with Gasteiger partial charge in [0.05, 0.1) is 29.2 Å². The van der Waals surface area contributed by atoms with Crippen molar-refractivity contribution in [1.29, 1.82) is 0 Å². The molecule has 0 fully saturated rings. The summed E-state index contributed by atoms with van der Waals surface area (Å²) in [6.45, 7) is 8.10. The van der Waals surface area contributed by atoms with Crippen molar-refractivity contribution in [2.75, 3.05) is 16.8 Å². The van der Waals surface area contributed by atoms with Crippen LogP contribution in [-0.2, 0) is 17.8 Å². The number of rotatable bonds is 9. The molecule has 3 heterocycles. The minimum absolute atomic E-state index is 0.251. The van der Waals surface area contributed by atoms with Crippen molar-refractivity contribution in [3.63, 3.8) is 0 Å². The number of tetrazole rings is 1. The van der Waals surface area contributed by atoms with Gasteiger partial charge in [-0.1, -0.05) is 37.3 Å². The Morgan fingerprint density at radius 1 is 1.17 bits per heavy atom. The standard InChI is InChI=1S/C26H29N7O3/c1-4-13-36-26-27-21-8-6-7-19(25(34)35)23(21)33(26)15-17-9-11-18(12-10-17)22-20(24-28-30-31-29-24)14-16(3)32(22)5-2/h6-12,14,26-27H,4-5,13,15H2,1-3H3,(H,34,35)(H,28,29,30,31). The molecule has 5 rings (SSSR count). The van der Waals surface area contributed by atoms with Gasteiger partial charge in [0.25, 0.3) is 0 Å². The third kappa shape index (κ3) is 4.20. The van der Waals surface area contributed by atoms with Gasteiger partial charge >= 0.3 is 5.97 Å². The number of aromatic nitrogens is 5. The van der Waals surface area contributed by atoms with E-state index in [9.17, 15) is 9.90 Å². The fourth-order valence-corrected chi connectivity index (χ4v) is 4.81. The van der Waals surface area contributed by atoms with Crippen LogP contribution in [0.1, 0.15) is 41.9 Å². The van der Waals surface area contributed by atoms with E-state index >= 15 is 0 Å². The summed E-state index contributed by atoms with van der Waals surface area (Å²) in [7, 11) is 0. The van der Waals surface area contributed by atoms with Gasteiger partial charge in [0.2, 0.25) is 6.35 Å². The van der Waals surface area contributed by atoms with Gasteiger partial charge in [-0.2, -0.15) is 0 Å². The molecule has 1 aliphatic heterocycles. The molecule has 0 radical (unpaired) electrons. The molecule has 36 heavy (non-hydrogen) atoms. The van der Waals surface area contributed by atoms with Gasteiger partial charge in [0.1, 0.15) is 0 Å². The molecular weight excluding hydrogens is 458 g/mol. The molecular formula is C26H29N7O3. The number of H-pyrrole nitrogens is 1. The Bertz CT molecular complexity index is 1360. The van der Waals surface area contributed by atoms with E-state index in [4.69, 9.17) is 4.74 Å². The van der Waals surface area contributed by atoms with Crippen LogP contribution in [0.2, 0.25) is 0 Å². The summed E-state index contributed by atoms with van der Waals surface area (Å²) >= 11 is 0. The van der Waals surface area contributed by atoms with Crippen LogP contribution in [0, 0.1) is 6.92 Å². The second-order valence-corrected chi connectivity index (χ2v) is 8.74. The lowest BCUT2D eigenvalue weighted by molar-refractivity contribution is 0.0687. The van der Waals surface area contributed by atoms with Gasteiger partial charge in [-0.3, -0.25) is 0 Å². The molecule has 0 aliphatic carbocycles. The number of carbonyl (C=O) groups is 1. The summed E-state index contributed by atoms with van der Waals surface area (Å²) in [5.41, 5.74) is 6.85. The lowest BCUT2D eigenvalue weighted by atomic mass is 10.0. The van der Waals surface area contributed by atoms with E-state index in [2.05, 4.69) is 74.7 Å². The molecule has 3 N–H and O–H groups in total. The van der Waals surface area contributed by atoms with Crippen molar-refractivity contribution in [3.8, 4) is 22.6 Å². The molecule has 4 aromatic rings. The number of anilines is 2. The third-order valence-electron chi connectivity index (χ3n) is 6.40. The first-order chi connectivity index (χ1) is 17.5. The van der Waals surface area contributed by atoms with Crippen LogP contribution in [0.25, 0.3) is 22.6 Å². The summed E-state index contributed by atoms with van der Waals surface area (Å²) in [6.07, 6.45) is 0.424. The van der Waals surface area contributed by atoms with Crippen LogP contribution in [0.3, 0.4) is 0 Å². The third-order valence-corrected chi connectivity index (χ3v) is 6.40. The van der Waals surface area contributed by atoms with E-state index < -0.39 is 12.3 Å². The largest absolute Gasteiger partial charge is 0.478 e. The number of para-hydroxylation sites is 1. The fraction of sp³-hybridized carbons (Fsp3) is 0.308. The number of aromatic amines is 1. The number of fused-ring (bicyclic) bond motifs is 1. The number of hydrogen-bond acceptors (Lipinski definition) is 7. The molecule has 1 atom stereocenters. The van der Waals surface area contributed by atoms with E-state index in [1.807, 2.05) is 17.9 Å². The molecule has 1 aliphatic rings.